The van der Waals surface area contributed by atoms with Crippen molar-refractivity contribution >= 4 is 21.7 Å². The van der Waals surface area contributed by atoms with Crippen LogP contribution in [0, 0.1) is 5.92 Å². The molecule has 0 aromatic rings. The molecule has 1 rings (SSSR count). The maximum Gasteiger partial charge on any atom is 0.332 e. The van der Waals surface area contributed by atoms with Gasteiger partial charge in [-0.05, 0) is 12.3 Å². The lowest BCUT2D eigenvalue weighted by Crippen LogP contribution is -2.31. The maximum absolute atomic E-state index is 11.4. The molecule has 0 aliphatic carbocycles. The molecule has 8 heteroatoms. The zero-order valence-electron chi connectivity index (χ0n) is 9.83. The van der Waals surface area contributed by atoms with Crippen LogP contribution in [0.5, 0.6) is 0 Å². The molecule has 104 valence electrons. The molecule has 1 fully saturated rings. The van der Waals surface area contributed by atoms with Crippen molar-refractivity contribution in [2.24, 2.45) is 5.92 Å². The van der Waals surface area contributed by atoms with Crippen LogP contribution in [0.1, 0.15) is 19.3 Å². The van der Waals surface area contributed by atoms with E-state index in [4.69, 9.17) is 10.2 Å². The monoisotopic (exact) mass is 279 g/mol. The van der Waals surface area contributed by atoms with Gasteiger partial charge in [-0.15, -0.1) is 0 Å². The number of hydrogen-bond acceptors (Lipinski definition) is 5. The summed E-state index contributed by atoms with van der Waals surface area (Å²) in [6.07, 6.45) is -0.933. The molecule has 7 nitrogen and oxygen atoms in total. The van der Waals surface area contributed by atoms with Crippen molar-refractivity contribution in [1.29, 1.82) is 0 Å². The first kappa shape index (κ1) is 14.9. The van der Waals surface area contributed by atoms with Crippen LogP contribution < -0.4 is 5.32 Å². The molecule has 0 saturated carbocycles. The molecular weight excluding hydrogens is 262 g/mol. The minimum absolute atomic E-state index is 0.0399. The summed E-state index contributed by atoms with van der Waals surface area (Å²) in [4.78, 5) is 21.7. The Morgan fingerprint density at radius 2 is 2.06 bits per heavy atom. The number of rotatable bonds is 6. The molecule has 1 saturated heterocycles. The Morgan fingerprint density at radius 3 is 2.56 bits per heavy atom. The number of carbonyl (C=O) groups excluding carboxylic acids is 1. The summed E-state index contributed by atoms with van der Waals surface area (Å²) in [6, 6.07) is 0. The van der Waals surface area contributed by atoms with Gasteiger partial charge in [0.1, 0.15) is 0 Å². The fourth-order valence-electron chi connectivity index (χ4n) is 1.84. The highest BCUT2D eigenvalue weighted by molar-refractivity contribution is 7.91. The fraction of sp³-hybridized carbons (Fsp3) is 0.800. The average molecular weight is 279 g/mol. The number of carboxylic acids is 1. The Morgan fingerprint density at radius 1 is 1.39 bits per heavy atom. The predicted molar refractivity (Wildman–Crippen MR) is 62.6 cm³/mol. The number of amides is 1. The molecule has 18 heavy (non-hydrogen) atoms. The molecule has 1 amide bonds. The predicted octanol–water partition coefficient (Wildman–Crippen LogP) is -1.24. The first-order valence-corrected chi connectivity index (χ1v) is 7.50. The number of nitrogens with one attached hydrogen (secondary N) is 1. The minimum Gasteiger partial charge on any atom is -0.479 e. The average Bonchev–Trinajstić information content (AvgIpc) is 2.57. The number of aliphatic hydroxyl groups excluding tert-OH is 1. The van der Waals surface area contributed by atoms with E-state index in [2.05, 4.69) is 5.32 Å². The van der Waals surface area contributed by atoms with Crippen molar-refractivity contribution in [3.8, 4) is 0 Å². The first-order valence-electron chi connectivity index (χ1n) is 5.68. The van der Waals surface area contributed by atoms with E-state index in [-0.39, 0.29) is 42.7 Å². The summed E-state index contributed by atoms with van der Waals surface area (Å²) in [5.41, 5.74) is 0. The molecule has 3 N–H and O–H groups in total. The second-order valence-corrected chi connectivity index (χ2v) is 6.69. The van der Waals surface area contributed by atoms with Crippen molar-refractivity contribution in [3.05, 3.63) is 0 Å². The summed E-state index contributed by atoms with van der Waals surface area (Å²) >= 11 is 0. The molecule has 1 aliphatic rings. The maximum atomic E-state index is 11.4. The van der Waals surface area contributed by atoms with E-state index >= 15 is 0 Å². The largest absolute Gasteiger partial charge is 0.479 e. The van der Waals surface area contributed by atoms with Gasteiger partial charge in [-0.1, -0.05) is 0 Å². The van der Waals surface area contributed by atoms with Gasteiger partial charge in [0.2, 0.25) is 5.91 Å². The van der Waals surface area contributed by atoms with Crippen molar-refractivity contribution in [2.45, 2.75) is 25.4 Å². The van der Waals surface area contributed by atoms with Crippen LogP contribution in [0.15, 0.2) is 0 Å². The van der Waals surface area contributed by atoms with Gasteiger partial charge in [0.05, 0.1) is 11.5 Å². The smallest absolute Gasteiger partial charge is 0.332 e. The first-order chi connectivity index (χ1) is 8.30. The van der Waals surface area contributed by atoms with E-state index in [1.807, 2.05) is 0 Å². The zero-order chi connectivity index (χ0) is 13.8. The quantitative estimate of drug-likeness (QED) is 0.559. The molecule has 0 aromatic heterocycles. The fourth-order valence-corrected chi connectivity index (χ4v) is 3.70. The van der Waals surface area contributed by atoms with Gasteiger partial charge in [-0.2, -0.15) is 0 Å². The van der Waals surface area contributed by atoms with E-state index in [0.717, 1.165) is 0 Å². The number of hydrogen-bond donors (Lipinski definition) is 3. The summed E-state index contributed by atoms with van der Waals surface area (Å²) in [5.74, 6) is -1.62. The van der Waals surface area contributed by atoms with Gasteiger partial charge in [0.15, 0.2) is 15.9 Å². The summed E-state index contributed by atoms with van der Waals surface area (Å²) in [7, 11) is -2.98. The van der Waals surface area contributed by atoms with Crippen LogP contribution in [0.3, 0.4) is 0 Å². The number of aliphatic carboxylic acids is 1. The Labute approximate surface area is 105 Å². The van der Waals surface area contributed by atoms with Crippen molar-refractivity contribution in [1.82, 2.24) is 5.32 Å². The van der Waals surface area contributed by atoms with Crippen LogP contribution in [0.2, 0.25) is 0 Å². The minimum atomic E-state index is -2.98. The van der Waals surface area contributed by atoms with Crippen LogP contribution in [-0.4, -0.2) is 54.7 Å². The van der Waals surface area contributed by atoms with Crippen LogP contribution >= 0.6 is 0 Å². The highest BCUT2D eigenvalue weighted by Crippen LogP contribution is 2.21. The Bertz CT molecular complexity index is 418. The topological polar surface area (TPSA) is 121 Å². The molecular formula is C10H17NO6S. The number of carboxylic acid groups (broad SMARTS) is 1. The molecule has 0 spiro atoms. The standard InChI is InChI=1S/C10H17NO6S/c12-8(10(14)15)1-3-11-9(13)5-7-2-4-18(16,17)6-7/h7-8,12H,1-6H2,(H,11,13)(H,14,15). The highest BCUT2D eigenvalue weighted by atomic mass is 32.2. The van der Waals surface area contributed by atoms with Gasteiger partial charge in [-0.25, -0.2) is 13.2 Å². The molecule has 1 heterocycles. The molecule has 0 radical (unpaired) electrons. The Hall–Kier alpha value is -1.15. The van der Waals surface area contributed by atoms with Crippen LogP contribution in [0.4, 0.5) is 0 Å². The van der Waals surface area contributed by atoms with E-state index < -0.39 is 21.9 Å². The lowest BCUT2D eigenvalue weighted by Gasteiger charge is -2.09. The van der Waals surface area contributed by atoms with Gasteiger partial charge in [0.25, 0.3) is 0 Å². The Balaban J connectivity index is 2.21. The summed E-state index contributed by atoms with van der Waals surface area (Å²) < 4.78 is 22.3. The summed E-state index contributed by atoms with van der Waals surface area (Å²) in [6.45, 7) is 0.0613. The van der Waals surface area contributed by atoms with E-state index in [1.165, 1.54) is 0 Å². The second-order valence-electron chi connectivity index (χ2n) is 4.47. The second kappa shape index (κ2) is 6.14. The SMILES string of the molecule is O=C(CC1CCS(=O)(=O)C1)NCCC(O)C(=O)O. The molecule has 2 unspecified atom stereocenters. The third kappa shape index (κ3) is 5.01. The molecule has 0 bridgehead atoms. The number of sulfone groups is 1. The third-order valence-corrected chi connectivity index (χ3v) is 4.66. The zero-order valence-corrected chi connectivity index (χ0v) is 10.6. The Kier molecular flexibility index (Phi) is 5.09. The van der Waals surface area contributed by atoms with E-state index in [0.29, 0.717) is 6.42 Å². The molecule has 1 aliphatic heterocycles. The lowest BCUT2D eigenvalue weighted by molar-refractivity contribution is -0.147. The highest BCUT2D eigenvalue weighted by Gasteiger charge is 2.29. The van der Waals surface area contributed by atoms with E-state index in [1.54, 1.807) is 0 Å². The normalized spacial score (nSPS) is 23.5. The summed E-state index contributed by atoms with van der Waals surface area (Å²) in [5, 5.41) is 19.8. The van der Waals surface area contributed by atoms with Gasteiger partial charge in [-0.3, -0.25) is 4.79 Å². The van der Waals surface area contributed by atoms with Crippen molar-refractivity contribution in [3.63, 3.8) is 0 Å². The van der Waals surface area contributed by atoms with Gasteiger partial charge in [0, 0.05) is 19.4 Å². The van der Waals surface area contributed by atoms with Crippen LogP contribution in [0.25, 0.3) is 0 Å². The number of carbonyl (C=O) groups is 2. The lowest BCUT2D eigenvalue weighted by atomic mass is 10.1. The van der Waals surface area contributed by atoms with Gasteiger partial charge >= 0.3 is 5.97 Å². The van der Waals surface area contributed by atoms with Crippen molar-refractivity contribution < 1.29 is 28.2 Å². The van der Waals surface area contributed by atoms with E-state index in [9.17, 15) is 18.0 Å². The van der Waals surface area contributed by atoms with Gasteiger partial charge < -0.3 is 15.5 Å². The van der Waals surface area contributed by atoms with Crippen LogP contribution in [-0.2, 0) is 19.4 Å². The third-order valence-electron chi connectivity index (χ3n) is 2.83. The molecule has 0 aromatic carbocycles. The molecule has 2 atom stereocenters. The number of aliphatic hydroxyl groups is 1. The van der Waals surface area contributed by atoms with Crippen molar-refractivity contribution in [2.75, 3.05) is 18.1 Å².